The number of Topliss-reactive ketones (excluding diaryl/α,β-unsaturated/α-hetero) is 1. The average Bonchev–Trinajstić information content (AvgIpc) is 3.44. The Balaban J connectivity index is 1.14. The van der Waals surface area contributed by atoms with Crippen LogP contribution in [0.1, 0.15) is 53.6 Å². The molecule has 2 aliphatic heterocycles. The number of rotatable bonds is 7. The van der Waals surface area contributed by atoms with Crippen LogP contribution in [0.15, 0.2) is 36.5 Å². The van der Waals surface area contributed by atoms with Crippen LogP contribution in [0, 0.1) is 5.82 Å². The molecule has 36 heavy (non-hydrogen) atoms. The van der Waals surface area contributed by atoms with Crippen molar-refractivity contribution in [1.29, 1.82) is 0 Å². The number of carbonyl (C=O) groups excluding carboxylic acids is 1. The molecule has 0 N–H and O–H groups in total. The SMILES string of the molecule is O=C(CCCCN1CCC(F)CC1)c1ccc2c(c1)sc1nc(-c3cc4c(cc3F)COCC4)cn12. The summed E-state index contributed by atoms with van der Waals surface area (Å²) in [5, 5.41) is 0. The van der Waals surface area contributed by atoms with Crippen molar-refractivity contribution in [3.63, 3.8) is 0 Å². The van der Waals surface area contributed by atoms with E-state index < -0.39 is 6.17 Å². The zero-order chi connectivity index (χ0) is 24.6. The predicted octanol–water partition coefficient (Wildman–Crippen LogP) is 6.21. The van der Waals surface area contributed by atoms with E-state index in [1.54, 1.807) is 6.07 Å². The minimum atomic E-state index is -0.648. The van der Waals surface area contributed by atoms with Gasteiger partial charge < -0.3 is 9.64 Å². The number of carbonyl (C=O) groups is 1. The number of nitrogens with zero attached hydrogens (tertiary/aromatic N) is 3. The molecule has 2 aliphatic rings. The summed E-state index contributed by atoms with van der Waals surface area (Å²) in [4.78, 5) is 20.6. The minimum Gasteiger partial charge on any atom is -0.376 e. The molecule has 0 aliphatic carbocycles. The molecular weight excluding hydrogens is 480 g/mol. The molecular formula is C28H29F2N3O2S. The largest absolute Gasteiger partial charge is 0.376 e. The van der Waals surface area contributed by atoms with Crippen molar-refractivity contribution in [2.24, 2.45) is 0 Å². The van der Waals surface area contributed by atoms with Gasteiger partial charge in [0.05, 0.1) is 29.1 Å². The van der Waals surface area contributed by atoms with Gasteiger partial charge in [-0.05, 0) is 80.1 Å². The van der Waals surface area contributed by atoms with E-state index in [1.165, 1.54) is 11.3 Å². The van der Waals surface area contributed by atoms with E-state index in [0.29, 0.717) is 49.3 Å². The van der Waals surface area contributed by atoms with Crippen molar-refractivity contribution in [2.75, 3.05) is 26.2 Å². The Bertz CT molecular complexity index is 1420. The second-order valence-electron chi connectivity index (χ2n) is 9.86. The van der Waals surface area contributed by atoms with E-state index in [9.17, 15) is 13.6 Å². The topological polar surface area (TPSA) is 46.8 Å². The number of benzene rings is 2. The van der Waals surface area contributed by atoms with E-state index in [1.807, 2.05) is 34.9 Å². The fraction of sp³-hybridized carbons (Fsp3) is 0.429. The molecule has 4 aromatic rings. The third-order valence-corrected chi connectivity index (χ3v) is 8.42. The average molecular weight is 510 g/mol. The van der Waals surface area contributed by atoms with Crippen LogP contribution in [0.25, 0.3) is 26.4 Å². The van der Waals surface area contributed by atoms with Crippen LogP contribution in [0.5, 0.6) is 0 Å². The molecule has 1 saturated heterocycles. The third kappa shape index (κ3) is 4.69. The summed E-state index contributed by atoms with van der Waals surface area (Å²) in [5.41, 5.74) is 4.84. The lowest BCUT2D eigenvalue weighted by Gasteiger charge is -2.28. The molecule has 0 saturated carbocycles. The maximum atomic E-state index is 14.8. The zero-order valence-corrected chi connectivity index (χ0v) is 21.0. The minimum absolute atomic E-state index is 0.145. The maximum absolute atomic E-state index is 14.8. The number of ether oxygens (including phenoxy) is 1. The summed E-state index contributed by atoms with van der Waals surface area (Å²) in [6.07, 6.45) is 5.57. The van der Waals surface area contributed by atoms with Gasteiger partial charge in [-0.2, -0.15) is 0 Å². The van der Waals surface area contributed by atoms with E-state index in [4.69, 9.17) is 9.72 Å². The van der Waals surface area contributed by atoms with Crippen molar-refractivity contribution >= 4 is 32.3 Å². The second-order valence-corrected chi connectivity index (χ2v) is 10.9. The Morgan fingerprint density at radius 3 is 2.86 bits per heavy atom. The number of piperidine rings is 1. The Hall–Kier alpha value is -2.68. The number of ketones is 1. The van der Waals surface area contributed by atoms with Gasteiger partial charge in [0.15, 0.2) is 10.7 Å². The second kappa shape index (κ2) is 10.00. The van der Waals surface area contributed by atoms with Crippen molar-refractivity contribution in [1.82, 2.24) is 14.3 Å². The molecule has 0 radical (unpaired) electrons. The highest BCUT2D eigenvalue weighted by Gasteiger charge is 2.20. The number of imidazole rings is 1. The number of aromatic nitrogens is 2. The molecule has 0 amide bonds. The van der Waals surface area contributed by atoms with Gasteiger partial charge in [0.2, 0.25) is 0 Å². The number of thiazole rings is 1. The zero-order valence-electron chi connectivity index (χ0n) is 20.1. The van der Waals surface area contributed by atoms with Gasteiger partial charge in [0.1, 0.15) is 12.0 Å². The lowest BCUT2D eigenvalue weighted by atomic mass is 9.98. The van der Waals surface area contributed by atoms with E-state index in [0.717, 1.165) is 65.2 Å². The lowest BCUT2D eigenvalue weighted by Crippen LogP contribution is -2.35. The molecule has 0 atom stereocenters. The number of fused-ring (bicyclic) bond motifs is 4. The van der Waals surface area contributed by atoms with Crippen molar-refractivity contribution in [3.05, 3.63) is 59.0 Å². The summed E-state index contributed by atoms with van der Waals surface area (Å²) in [6, 6.07) is 9.25. The van der Waals surface area contributed by atoms with Gasteiger partial charge in [-0.15, -0.1) is 0 Å². The molecule has 5 nitrogen and oxygen atoms in total. The Kier molecular flexibility index (Phi) is 6.58. The Labute approximate surface area is 212 Å². The smallest absolute Gasteiger partial charge is 0.195 e. The normalized spacial score (nSPS) is 17.2. The number of unbranched alkanes of at least 4 members (excludes halogenated alkanes) is 1. The van der Waals surface area contributed by atoms with Gasteiger partial charge in [-0.25, -0.2) is 13.8 Å². The van der Waals surface area contributed by atoms with Crippen LogP contribution in [0.2, 0.25) is 0 Å². The summed E-state index contributed by atoms with van der Waals surface area (Å²) >= 11 is 1.51. The summed E-state index contributed by atoms with van der Waals surface area (Å²) < 4.78 is 36.5. The molecule has 2 aromatic carbocycles. The highest BCUT2D eigenvalue weighted by atomic mass is 32.1. The molecule has 188 valence electrons. The molecule has 0 unspecified atom stereocenters. The number of alkyl halides is 1. The van der Waals surface area contributed by atoms with Crippen LogP contribution >= 0.6 is 11.3 Å². The molecule has 2 aromatic heterocycles. The quantitative estimate of drug-likeness (QED) is 0.219. The van der Waals surface area contributed by atoms with Crippen LogP contribution in [0.3, 0.4) is 0 Å². The Morgan fingerprint density at radius 2 is 2.00 bits per heavy atom. The first-order valence-corrected chi connectivity index (χ1v) is 13.6. The van der Waals surface area contributed by atoms with Crippen LogP contribution in [-0.2, 0) is 17.8 Å². The molecule has 4 heterocycles. The van der Waals surface area contributed by atoms with Gasteiger partial charge in [0, 0.05) is 36.8 Å². The molecule has 0 spiro atoms. The fourth-order valence-corrected chi connectivity index (χ4v) is 6.33. The van der Waals surface area contributed by atoms with Gasteiger partial charge in [0.25, 0.3) is 0 Å². The van der Waals surface area contributed by atoms with Crippen molar-refractivity contribution in [3.8, 4) is 11.3 Å². The number of hydrogen-bond acceptors (Lipinski definition) is 5. The summed E-state index contributed by atoms with van der Waals surface area (Å²) in [6.45, 7) is 3.68. The molecule has 8 heteroatoms. The van der Waals surface area contributed by atoms with E-state index in [-0.39, 0.29) is 11.6 Å². The number of halogens is 2. The Morgan fingerprint density at radius 1 is 1.14 bits per heavy atom. The standard InChI is InChI=1S/C28H29F2N3O2S/c29-21-6-10-32(11-7-21)9-2-1-3-26(34)19-4-5-25-27(15-19)36-28-31-24(16-33(25)28)22-13-18-8-12-35-17-20(18)14-23(22)30/h4-5,13-16,21H,1-3,6-12,17H2. The maximum Gasteiger partial charge on any atom is 0.195 e. The van der Waals surface area contributed by atoms with Crippen LogP contribution < -0.4 is 0 Å². The highest BCUT2D eigenvalue weighted by molar-refractivity contribution is 7.23. The first-order valence-electron chi connectivity index (χ1n) is 12.8. The van der Waals surface area contributed by atoms with Gasteiger partial charge in [-0.1, -0.05) is 11.3 Å². The van der Waals surface area contributed by atoms with E-state index >= 15 is 0 Å². The first kappa shape index (κ1) is 23.7. The van der Waals surface area contributed by atoms with Gasteiger partial charge in [-0.3, -0.25) is 9.20 Å². The van der Waals surface area contributed by atoms with Crippen molar-refractivity contribution < 1.29 is 18.3 Å². The highest BCUT2D eigenvalue weighted by Crippen LogP contribution is 2.33. The van der Waals surface area contributed by atoms with Crippen molar-refractivity contribution in [2.45, 2.75) is 51.3 Å². The third-order valence-electron chi connectivity index (χ3n) is 7.40. The number of likely N-dealkylation sites (tertiary alicyclic amines) is 1. The fourth-order valence-electron chi connectivity index (χ4n) is 5.28. The molecule has 6 rings (SSSR count). The predicted molar refractivity (Wildman–Crippen MR) is 138 cm³/mol. The first-order chi connectivity index (χ1) is 17.5. The lowest BCUT2D eigenvalue weighted by molar-refractivity contribution is 0.0976. The van der Waals surface area contributed by atoms with Crippen LogP contribution in [-0.4, -0.2) is 52.5 Å². The molecule has 0 bridgehead atoms. The summed E-state index contributed by atoms with van der Waals surface area (Å²) in [5.74, 6) is -0.139. The monoisotopic (exact) mass is 509 g/mol. The summed E-state index contributed by atoms with van der Waals surface area (Å²) in [7, 11) is 0. The number of hydrogen-bond donors (Lipinski definition) is 0. The molecule has 1 fully saturated rings. The van der Waals surface area contributed by atoms with E-state index in [2.05, 4.69) is 4.90 Å². The van der Waals surface area contributed by atoms with Crippen LogP contribution in [0.4, 0.5) is 8.78 Å². The van der Waals surface area contributed by atoms with Gasteiger partial charge >= 0.3 is 0 Å².